The van der Waals surface area contributed by atoms with Crippen LogP contribution in [0.3, 0.4) is 0 Å². The Hall–Kier alpha value is -2.81. The molecule has 2 heterocycles. The molecule has 0 bridgehead atoms. The fourth-order valence-electron chi connectivity index (χ4n) is 2.52. The van der Waals surface area contributed by atoms with Crippen molar-refractivity contribution in [3.05, 3.63) is 48.3 Å². The number of fused-ring (bicyclic) bond motifs is 1. The number of sulfonamides is 1. The van der Waals surface area contributed by atoms with Crippen LogP contribution in [0.5, 0.6) is 11.5 Å². The van der Waals surface area contributed by atoms with Crippen molar-refractivity contribution < 1.29 is 22.7 Å². The van der Waals surface area contributed by atoms with Crippen LogP contribution in [0.2, 0.25) is 0 Å². The Labute approximate surface area is 151 Å². The first-order valence-corrected chi connectivity index (χ1v) is 9.81. The topological polar surface area (TPSA) is 97.8 Å². The number of anilines is 1. The van der Waals surface area contributed by atoms with Crippen molar-refractivity contribution in [1.29, 1.82) is 0 Å². The highest BCUT2D eigenvalue weighted by Crippen LogP contribution is 2.36. The third-order valence-corrected chi connectivity index (χ3v) is 5.02. The van der Waals surface area contributed by atoms with Gasteiger partial charge in [-0.3, -0.25) is 14.1 Å². The third kappa shape index (κ3) is 4.42. The van der Waals surface area contributed by atoms with Crippen molar-refractivity contribution in [2.75, 3.05) is 23.9 Å². The second-order valence-corrected chi connectivity index (χ2v) is 7.66. The molecule has 9 heteroatoms. The molecule has 2 aromatic rings. The number of benzene rings is 1. The van der Waals surface area contributed by atoms with Crippen LogP contribution in [-0.4, -0.2) is 38.9 Å². The molecule has 1 aliphatic rings. The number of aromatic nitrogens is 1. The molecule has 26 heavy (non-hydrogen) atoms. The average Bonchev–Trinajstić information content (AvgIpc) is 3.08. The van der Waals surface area contributed by atoms with Crippen molar-refractivity contribution in [1.82, 2.24) is 10.3 Å². The standard InChI is InChI=1S/C17H19N3O5S/c1-26(22,23)20(14-2-3-15-16(10-14)25-12-24-15)9-6-17(21)19-11-13-4-7-18-8-5-13/h2-5,7-8,10H,6,9,11-12H2,1H3,(H,19,21). The summed E-state index contributed by atoms with van der Waals surface area (Å²) in [6.07, 6.45) is 4.43. The number of nitrogens with one attached hydrogen (secondary N) is 1. The van der Waals surface area contributed by atoms with E-state index in [1.54, 1.807) is 42.7 Å². The maximum atomic E-state index is 12.1. The lowest BCUT2D eigenvalue weighted by Gasteiger charge is -2.22. The van der Waals surface area contributed by atoms with Gasteiger partial charge in [0.2, 0.25) is 22.7 Å². The highest BCUT2D eigenvalue weighted by atomic mass is 32.2. The summed E-state index contributed by atoms with van der Waals surface area (Å²) in [7, 11) is -3.55. The summed E-state index contributed by atoms with van der Waals surface area (Å²) >= 11 is 0. The number of ether oxygens (including phenoxy) is 2. The van der Waals surface area contributed by atoms with Crippen molar-refractivity contribution in [2.24, 2.45) is 0 Å². The van der Waals surface area contributed by atoms with Crippen molar-refractivity contribution >= 4 is 21.6 Å². The molecule has 1 N–H and O–H groups in total. The number of carbonyl (C=O) groups is 1. The molecule has 0 saturated heterocycles. The first kappa shape index (κ1) is 18.0. The number of nitrogens with zero attached hydrogens (tertiary/aromatic N) is 2. The molecule has 1 aromatic carbocycles. The summed E-state index contributed by atoms with van der Waals surface area (Å²) in [5.74, 6) is 0.812. The highest BCUT2D eigenvalue weighted by molar-refractivity contribution is 7.92. The zero-order chi connectivity index (χ0) is 18.6. The summed E-state index contributed by atoms with van der Waals surface area (Å²) in [5.41, 5.74) is 1.35. The Kier molecular flexibility index (Phi) is 5.27. The van der Waals surface area contributed by atoms with Crippen molar-refractivity contribution in [3.63, 3.8) is 0 Å². The lowest BCUT2D eigenvalue weighted by Crippen LogP contribution is -2.34. The number of hydrogen-bond donors (Lipinski definition) is 1. The minimum Gasteiger partial charge on any atom is -0.454 e. The Morgan fingerprint density at radius 2 is 1.92 bits per heavy atom. The molecule has 1 aliphatic heterocycles. The van der Waals surface area contributed by atoms with Gasteiger partial charge in [0.05, 0.1) is 11.9 Å². The van der Waals surface area contributed by atoms with E-state index in [2.05, 4.69) is 10.3 Å². The summed E-state index contributed by atoms with van der Waals surface area (Å²) in [6, 6.07) is 8.48. The number of hydrogen-bond acceptors (Lipinski definition) is 6. The molecule has 0 saturated carbocycles. The van der Waals surface area contributed by atoms with Crippen LogP contribution in [0.4, 0.5) is 5.69 Å². The third-order valence-electron chi connectivity index (χ3n) is 3.83. The van der Waals surface area contributed by atoms with E-state index in [4.69, 9.17) is 9.47 Å². The summed E-state index contributed by atoms with van der Waals surface area (Å²) in [5, 5.41) is 2.77. The number of carbonyl (C=O) groups excluding carboxylic acids is 1. The van der Waals surface area contributed by atoms with Gasteiger partial charge in [-0.2, -0.15) is 0 Å². The molecule has 0 radical (unpaired) electrons. The van der Waals surface area contributed by atoms with Crippen LogP contribution in [-0.2, 0) is 21.4 Å². The first-order chi connectivity index (χ1) is 12.4. The second-order valence-electron chi connectivity index (χ2n) is 5.75. The van der Waals surface area contributed by atoms with Gasteiger partial charge < -0.3 is 14.8 Å². The molecule has 0 aliphatic carbocycles. The van der Waals surface area contributed by atoms with Gasteiger partial charge in [-0.05, 0) is 29.8 Å². The van der Waals surface area contributed by atoms with E-state index < -0.39 is 10.0 Å². The zero-order valence-electron chi connectivity index (χ0n) is 14.2. The summed E-state index contributed by atoms with van der Waals surface area (Å²) in [4.78, 5) is 16.0. The molecular formula is C17H19N3O5S. The minimum absolute atomic E-state index is 0.0284. The summed E-state index contributed by atoms with van der Waals surface area (Å²) in [6.45, 7) is 0.500. The van der Waals surface area contributed by atoms with Gasteiger partial charge in [-0.15, -0.1) is 0 Å². The largest absolute Gasteiger partial charge is 0.454 e. The molecule has 1 aromatic heterocycles. The van der Waals surface area contributed by atoms with E-state index in [1.807, 2.05) is 0 Å². The van der Waals surface area contributed by atoms with Crippen LogP contribution in [0, 0.1) is 0 Å². The fourth-order valence-corrected chi connectivity index (χ4v) is 3.44. The molecule has 0 atom stereocenters. The molecular weight excluding hydrogens is 358 g/mol. The van der Waals surface area contributed by atoms with Gasteiger partial charge >= 0.3 is 0 Å². The summed E-state index contributed by atoms with van der Waals surface area (Å²) < 4.78 is 36.0. The Morgan fingerprint density at radius 1 is 1.19 bits per heavy atom. The quantitative estimate of drug-likeness (QED) is 0.781. The molecule has 0 unspecified atom stereocenters. The van der Waals surface area contributed by atoms with Gasteiger partial charge in [-0.1, -0.05) is 0 Å². The molecule has 8 nitrogen and oxygen atoms in total. The fraction of sp³-hybridized carbons (Fsp3) is 0.294. The number of amides is 1. The number of rotatable bonds is 7. The van der Waals surface area contributed by atoms with Crippen LogP contribution in [0.15, 0.2) is 42.7 Å². The number of pyridine rings is 1. The monoisotopic (exact) mass is 377 g/mol. The van der Waals surface area contributed by atoms with E-state index in [0.717, 1.165) is 11.8 Å². The minimum atomic E-state index is -3.55. The van der Waals surface area contributed by atoms with E-state index >= 15 is 0 Å². The molecule has 0 spiro atoms. The van der Waals surface area contributed by atoms with Gasteiger partial charge in [0.15, 0.2) is 11.5 Å². The molecule has 3 rings (SSSR count). The SMILES string of the molecule is CS(=O)(=O)N(CCC(=O)NCc1ccncc1)c1ccc2c(c1)OCO2. The Balaban J connectivity index is 1.63. The Bertz CT molecular complexity index is 887. The van der Waals surface area contributed by atoms with Crippen LogP contribution in [0.25, 0.3) is 0 Å². The maximum Gasteiger partial charge on any atom is 0.232 e. The second kappa shape index (κ2) is 7.61. The van der Waals surface area contributed by atoms with E-state index in [9.17, 15) is 13.2 Å². The van der Waals surface area contributed by atoms with Crippen LogP contribution < -0.4 is 19.1 Å². The lowest BCUT2D eigenvalue weighted by atomic mass is 10.2. The lowest BCUT2D eigenvalue weighted by molar-refractivity contribution is -0.121. The maximum absolute atomic E-state index is 12.1. The Morgan fingerprint density at radius 3 is 2.65 bits per heavy atom. The van der Waals surface area contributed by atoms with Crippen molar-refractivity contribution in [2.45, 2.75) is 13.0 Å². The van der Waals surface area contributed by atoms with Gasteiger partial charge in [-0.25, -0.2) is 8.42 Å². The molecule has 0 fully saturated rings. The van der Waals surface area contributed by atoms with Gasteiger partial charge in [0.25, 0.3) is 0 Å². The van der Waals surface area contributed by atoms with Crippen LogP contribution >= 0.6 is 0 Å². The normalized spacial score (nSPS) is 12.7. The first-order valence-electron chi connectivity index (χ1n) is 7.96. The molecule has 1 amide bonds. The van der Waals surface area contributed by atoms with Gasteiger partial charge in [0, 0.05) is 38.0 Å². The van der Waals surface area contributed by atoms with E-state index in [0.29, 0.717) is 23.7 Å². The van der Waals surface area contributed by atoms with Crippen LogP contribution in [0.1, 0.15) is 12.0 Å². The van der Waals surface area contributed by atoms with Gasteiger partial charge in [0.1, 0.15) is 0 Å². The highest BCUT2D eigenvalue weighted by Gasteiger charge is 2.22. The van der Waals surface area contributed by atoms with Crippen molar-refractivity contribution in [3.8, 4) is 11.5 Å². The predicted octanol–water partition coefficient (Wildman–Crippen LogP) is 1.28. The van der Waals surface area contributed by atoms with E-state index in [1.165, 1.54) is 4.31 Å². The predicted molar refractivity (Wildman–Crippen MR) is 95.5 cm³/mol. The molecule has 138 valence electrons. The average molecular weight is 377 g/mol. The zero-order valence-corrected chi connectivity index (χ0v) is 15.0. The smallest absolute Gasteiger partial charge is 0.232 e. The van der Waals surface area contributed by atoms with E-state index in [-0.39, 0.29) is 25.7 Å².